The summed E-state index contributed by atoms with van der Waals surface area (Å²) >= 11 is 6.78. The summed E-state index contributed by atoms with van der Waals surface area (Å²) < 4.78 is 11.8. The van der Waals surface area contributed by atoms with Crippen LogP contribution in [0.15, 0.2) is 39.3 Å². The molecular formula is C22H26Br2N2O5. The maximum atomic E-state index is 12.4. The Morgan fingerprint density at radius 1 is 1.10 bits per heavy atom. The first kappa shape index (κ1) is 25.3. The second kappa shape index (κ2) is 11.6. The number of hydrogen-bond donors (Lipinski definition) is 3. The molecule has 0 aliphatic rings. The molecular weight excluding hydrogens is 532 g/mol. The van der Waals surface area contributed by atoms with Crippen molar-refractivity contribution < 1.29 is 24.2 Å². The van der Waals surface area contributed by atoms with E-state index in [1.165, 1.54) is 12.1 Å². The van der Waals surface area contributed by atoms with Crippen LogP contribution in [0.4, 0.5) is 0 Å². The molecule has 0 bridgehead atoms. The van der Waals surface area contributed by atoms with E-state index in [2.05, 4.69) is 31.9 Å². The third-order valence-corrected chi connectivity index (χ3v) is 5.72. The number of esters is 2. The molecule has 0 fully saturated rings. The maximum absolute atomic E-state index is 12.4. The second-order valence-corrected chi connectivity index (χ2v) is 9.05. The molecule has 2 rings (SSSR count). The maximum Gasteiger partial charge on any atom is 0.345 e. The number of carbonyl (C=O) groups is 2. The minimum atomic E-state index is -0.880. The van der Waals surface area contributed by atoms with Gasteiger partial charge in [-0.15, -0.1) is 0 Å². The molecule has 0 saturated heterocycles. The zero-order chi connectivity index (χ0) is 23.1. The lowest BCUT2D eigenvalue weighted by atomic mass is 10.0. The van der Waals surface area contributed by atoms with Crippen molar-refractivity contribution in [3.05, 3.63) is 50.4 Å². The van der Waals surface area contributed by atoms with Crippen LogP contribution in [0.25, 0.3) is 0 Å². The SMILES string of the molecule is CC(C)c1cc(Oc2c(Br)cc(C(=O)OC(=O)[C@@H](N)CCCCN)cc2Br)ccc1O. The summed E-state index contributed by atoms with van der Waals surface area (Å²) in [6.07, 6.45) is 1.82. The average Bonchev–Trinajstić information content (AvgIpc) is 2.71. The van der Waals surface area contributed by atoms with Crippen LogP contribution in [-0.4, -0.2) is 29.6 Å². The summed E-state index contributed by atoms with van der Waals surface area (Å²) in [7, 11) is 0. The monoisotopic (exact) mass is 556 g/mol. The molecule has 5 N–H and O–H groups in total. The van der Waals surface area contributed by atoms with E-state index in [-0.39, 0.29) is 17.2 Å². The van der Waals surface area contributed by atoms with E-state index in [0.717, 1.165) is 12.0 Å². The Balaban J connectivity index is 2.14. The van der Waals surface area contributed by atoms with E-state index in [0.29, 0.717) is 39.8 Å². The van der Waals surface area contributed by atoms with Gasteiger partial charge in [-0.1, -0.05) is 20.3 Å². The van der Waals surface area contributed by atoms with Crippen LogP contribution in [0, 0.1) is 0 Å². The molecule has 0 saturated carbocycles. The molecule has 7 nitrogen and oxygen atoms in total. The number of phenols is 1. The van der Waals surface area contributed by atoms with Crippen LogP contribution < -0.4 is 16.2 Å². The molecule has 9 heteroatoms. The molecule has 168 valence electrons. The van der Waals surface area contributed by atoms with Crippen molar-refractivity contribution in [2.24, 2.45) is 11.5 Å². The number of carbonyl (C=O) groups excluding carboxylic acids is 2. The molecule has 0 aromatic heterocycles. The van der Waals surface area contributed by atoms with Gasteiger partial charge in [0.1, 0.15) is 17.5 Å². The first-order chi connectivity index (χ1) is 14.6. The van der Waals surface area contributed by atoms with E-state index >= 15 is 0 Å². The van der Waals surface area contributed by atoms with Gasteiger partial charge in [0.2, 0.25) is 0 Å². The number of halogens is 2. The van der Waals surface area contributed by atoms with Gasteiger partial charge in [-0.2, -0.15) is 0 Å². The van der Waals surface area contributed by atoms with E-state index in [1.54, 1.807) is 18.2 Å². The van der Waals surface area contributed by atoms with Gasteiger partial charge in [-0.25, -0.2) is 9.59 Å². The lowest BCUT2D eigenvalue weighted by Crippen LogP contribution is -2.33. The van der Waals surface area contributed by atoms with Gasteiger partial charge < -0.3 is 26.0 Å². The van der Waals surface area contributed by atoms with Crippen LogP contribution in [0.1, 0.15) is 54.9 Å². The highest BCUT2D eigenvalue weighted by molar-refractivity contribution is 9.11. The number of hydrogen-bond acceptors (Lipinski definition) is 7. The number of nitrogens with two attached hydrogens (primary N) is 2. The summed E-state index contributed by atoms with van der Waals surface area (Å²) in [5, 5.41) is 9.98. The highest BCUT2D eigenvalue weighted by atomic mass is 79.9. The Morgan fingerprint density at radius 3 is 2.32 bits per heavy atom. The Labute approximate surface area is 198 Å². The number of ether oxygens (including phenoxy) is 2. The van der Waals surface area contributed by atoms with Gasteiger partial charge in [0.05, 0.1) is 14.5 Å². The molecule has 2 aromatic rings. The van der Waals surface area contributed by atoms with Crippen molar-refractivity contribution in [2.75, 3.05) is 6.54 Å². The van der Waals surface area contributed by atoms with Crippen molar-refractivity contribution in [1.29, 1.82) is 0 Å². The molecule has 0 amide bonds. The number of unbranched alkanes of at least 4 members (excludes halogenated alkanes) is 1. The predicted octanol–water partition coefficient (Wildman–Crippen LogP) is 4.97. The van der Waals surface area contributed by atoms with Crippen molar-refractivity contribution in [2.45, 2.75) is 45.1 Å². The smallest absolute Gasteiger partial charge is 0.345 e. The number of rotatable bonds is 9. The Morgan fingerprint density at radius 2 is 1.74 bits per heavy atom. The van der Waals surface area contributed by atoms with Crippen LogP contribution in [-0.2, 0) is 9.53 Å². The van der Waals surface area contributed by atoms with Gasteiger partial charge in [-0.3, -0.25) is 0 Å². The van der Waals surface area contributed by atoms with Gasteiger partial charge >= 0.3 is 11.9 Å². The van der Waals surface area contributed by atoms with Gasteiger partial charge in [-0.05, 0) is 87.5 Å². The fourth-order valence-electron chi connectivity index (χ4n) is 2.80. The largest absolute Gasteiger partial charge is 0.508 e. The summed E-state index contributed by atoms with van der Waals surface area (Å²) in [6.45, 7) is 4.45. The lowest BCUT2D eigenvalue weighted by molar-refractivity contribution is -0.139. The molecule has 0 spiro atoms. The second-order valence-electron chi connectivity index (χ2n) is 7.35. The Kier molecular flexibility index (Phi) is 9.49. The van der Waals surface area contributed by atoms with Crippen molar-refractivity contribution >= 4 is 43.8 Å². The molecule has 0 aliphatic carbocycles. The van der Waals surface area contributed by atoms with Gasteiger partial charge in [0.15, 0.2) is 5.75 Å². The molecule has 2 aromatic carbocycles. The summed E-state index contributed by atoms with van der Waals surface area (Å²) in [4.78, 5) is 24.4. The van der Waals surface area contributed by atoms with E-state index in [9.17, 15) is 14.7 Å². The zero-order valence-electron chi connectivity index (χ0n) is 17.4. The van der Waals surface area contributed by atoms with Crippen molar-refractivity contribution in [3.63, 3.8) is 0 Å². The topological polar surface area (TPSA) is 125 Å². The Hall–Kier alpha value is -1.94. The summed E-state index contributed by atoms with van der Waals surface area (Å²) in [5.74, 6) is -0.311. The molecule has 0 radical (unpaired) electrons. The average molecular weight is 558 g/mol. The minimum absolute atomic E-state index is 0.117. The van der Waals surface area contributed by atoms with E-state index < -0.39 is 18.0 Å². The summed E-state index contributed by atoms with van der Waals surface area (Å²) in [6, 6.07) is 7.09. The predicted molar refractivity (Wildman–Crippen MR) is 125 cm³/mol. The molecule has 0 heterocycles. The molecule has 31 heavy (non-hydrogen) atoms. The normalized spacial score (nSPS) is 12.0. The highest BCUT2D eigenvalue weighted by Crippen LogP contribution is 2.39. The molecule has 0 unspecified atom stereocenters. The van der Waals surface area contributed by atoms with Gasteiger partial charge in [0, 0.05) is 5.56 Å². The van der Waals surface area contributed by atoms with Crippen LogP contribution in [0.5, 0.6) is 17.2 Å². The Bertz CT molecular complexity index is 926. The van der Waals surface area contributed by atoms with E-state index in [1.807, 2.05) is 13.8 Å². The van der Waals surface area contributed by atoms with Crippen LogP contribution >= 0.6 is 31.9 Å². The number of phenolic OH excluding ortho intramolecular Hbond substituents is 1. The van der Waals surface area contributed by atoms with E-state index in [4.69, 9.17) is 20.9 Å². The van der Waals surface area contributed by atoms with Crippen molar-refractivity contribution in [1.82, 2.24) is 0 Å². The van der Waals surface area contributed by atoms with Crippen LogP contribution in [0.2, 0.25) is 0 Å². The number of benzene rings is 2. The zero-order valence-corrected chi connectivity index (χ0v) is 20.5. The minimum Gasteiger partial charge on any atom is -0.508 e. The van der Waals surface area contributed by atoms with Crippen LogP contribution in [0.3, 0.4) is 0 Å². The summed E-state index contributed by atoms with van der Waals surface area (Å²) in [5.41, 5.74) is 12.1. The van der Waals surface area contributed by atoms with Crippen molar-refractivity contribution in [3.8, 4) is 17.2 Å². The third-order valence-electron chi connectivity index (χ3n) is 4.54. The quantitative estimate of drug-likeness (QED) is 0.226. The lowest BCUT2D eigenvalue weighted by Gasteiger charge is -2.15. The fourth-order valence-corrected chi connectivity index (χ4v) is 4.15. The molecule has 0 aliphatic heterocycles. The fraction of sp³-hybridized carbons (Fsp3) is 0.364. The molecule has 1 atom stereocenters. The standard InChI is InChI=1S/C22H26Br2N2O5/c1-12(2)15-11-14(6-7-19(15)27)30-20-16(23)9-13(10-17(20)24)21(28)31-22(29)18(26)5-3-4-8-25/h6-7,9-12,18,27H,3-5,8,25-26H2,1-2H3/t18-/m0/s1. The number of aromatic hydroxyl groups is 1. The highest BCUT2D eigenvalue weighted by Gasteiger charge is 2.22. The first-order valence-electron chi connectivity index (χ1n) is 9.85. The third kappa shape index (κ3) is 7.03. The van der Waals surface area contributed by atoms with Gasteiger partial charge in [0.25, 0.3) is 0 Å². The first-order valence-corrected chi connectivity index (χ1v) is 11.4.